The van der Waals surface area contributed by atoms with Gasteiger partial charge >= 0.3 is 0 Å². The van der Waals surface area contributed by atoms with Crippen LogP contribution in [0.25, 0.3) is 66.1 Å². The van der Waals surface area contributed by atoms with E-state index in [0.29, 0.717) is 0 Å². The minimum Gasteiger partial charge on any atom is -0.464 e. The Morgan fingerprint density at radius 1 is 0.682 bits per heavy atom. The van der Waals surface area contributed by atoms with Gasteiger partial charge in [0.1, 0.15) is 17.5 Å². The van der Waals surface area contributed by atoms with Crippen LogP contribution in [0.5, 0.6) is 0 Å². The number of hydrogen-bond acceptors (Lipinski definition) is 3. The fraction of sp³-hybridized carbons (Fsp3) is 0.0769. The van der Waals surface area contributed by atoms with Crippen molar-refractivity contribution in [1.29, 1.82) is 0 Å². The van der Waals surface area contributed by atoms with Crippen LogP contribution < -0.4 is 0 Å². The summed E-state index contributed by atoms with van der Waals surface area (Å²) in [6.45, 7) is 4.50. The van der Waals surface area contributed by atoms with Crippen LogP contribution in [-0.4, -0.2) is 18.9 Å². The molecule has 0 aliphatic carbocycles. The van der Waals surface area contributed by atoms with E-state index in [4.69, 9.17) is 9.40 Å². The summed E-state index contributed by atoms with van der Waals surface area (Å²) in [5.41, 5.74) is 9.05. The highest BCUT2D eigenvalue weighted by Gasteiger charge is 2.27. The molecule has 0 fully saturated rings. The van der Waals surface area contributed by atoms with Crippen molar-refractivity contribution in [2.24, 2.45) is 0 Å². The predicted molar refractivity (Wildman–Crippen MR) is 179 cm³/mol. The van der Waals surface area contributed by atoms with Crippen molar-refractivity contribution in [2.45, 2.75) is 19.3 Å². The van der Waals surface area contributed by atoms with E-state index in [-0.39, 0.29) is 5.41 Å². The van der Waals surface area contributed by atoms with Crippen LogP contribution in [0.15, 0.2) is 138 Å². The molecule has 0 atom stereocenters. The van der Waals surface area contributed by atoms with Crippen molar-refractivity contribution in [1.82, 2.24) is 18.9 Å². The lowest BCUT2D eigenvalue weighted by atomic mass is 9.80. The number of benzene rings is 4. The molecule has 5 heterocycles. The number of aromatic nitrogens is 4. The molecule has 0 aliphatic heterocycles. The van der Waals surface area contributed by atoms with Crippen LogP contribution in [0.1, 0.15) is 25.1 Å². The first-order valence-electron chi connectivity index (χ1n) is 14.9. The third kappa shape index (κ3) is 3.53. The molecule has 0 saturated carbocycles. The third-order valence-corrected chi connectivity index (χ3v) is 9.16. The number of furan rings is 1. The second-order valence-electron chi connectivity index (χ2n) is 12.0. The van der Waals surface area contributed by atoms with Crippen LogP contribution in [0, 0.1) is 0 Å². The van der Waals surface area contributed by atoms with Gasteiger partial charge in [-0.2, -0.15) is 0 Å². The molecule has 0 unspecified atom stereocenters. The summed E-state index contributed by atoms with van der Waals surface area (Å²) in [7, 11) is 0. The largest absolute Gasteiger partial charge is 0.464 e. The molecular weight excluding hydrogens is 540 g/mol. The number of fused-ring (bicyclic) bond motifs is 8. The van der Waals surface area contributed by atoms with Gasteiger partial charge < -0.3 is 13.4 Å². The average molecular weight is 569 g/mol. The van der Waals surface area contributed by atoms with Gasteiger partial charge in [-0.15, -0.1) is 0 Å². The molecule has 0 N–H and O–H groups in total. The zero-order valence-corrected chi connectivity index (χ0v) is 24.4. The number of hydrogen-bond donors (Lipinski definition) is 0. The highest BCUT2D eigenvalue weighted by Crippen LogP contribution is 2.39. The molecule has 44 heavy (non-hydrogen) atoms. The summed E-state index contributed by atoms with van der Waals surface area (Å²) in [4.78, 5) is 9.87. The lowest BCUT2D eigenvalue weighted by Crippen LogP contribution is -2.21. The Balaban J connectivity index is 1.18. The molecule has 5 aromatic heterocycles. The maximum atomic E-state index is 6.07. The molecule has 0 bridgehead atoms. The minimum atomic E-state index is -0.353. The fourth-order valence-corrected chi connectivity index (χ4v) is 6.83. The van der Waals surface area contributed by atoms with E-state index in [0.717, 1.165) is 50.0 Å². The smallest absolute Gasteiger partial charge is 0.144 e. The van der Waals surface area contributed by atoms with E-state index in [1.54, 1.807) is 0 Å². The molecule has 9 rings (SSSR count). The lowest BCUT2D eigenvalue weighted by molar-refractivity contribution is 0.613. The average Bonchev–Trinajstić information content (AvgIpc) is 3.81. The zero-order valence-electron chi connectivity index (χ0n) is 24.4. The second kappa shape index (κ2) is 9.16. The first kappa shape index (κ1) is 24.9. The standard InChI is InChI=1S/C39H28N4O/c1-39(2,25-9-7-10-26(23-25)43-33-14-5-3-11-27(33)28-12-4-6-15-34(28)43)36-16-8-13-32(41-36)31-24-44-35-18-17-30-29(37(31)35)19-21-42-22-20-40-38(30)42/h3-24H,1-2H3. The molecule has 0 spiro atoms. The van der Waals surface area contributed by atoms with Gasteiger partial charge in [0.05, 0.1) is 22.4 Å². The molecule has 210 valence electrons. The Morgan fingerprint density at radius 3 is 2.27 bits per heavy atom. The lowest BCUT2D eigenvalue weighted by Gasteiger charge is -2.26. The van der Waals surface area contributed by atoms with Crippen LogP contribution in [-0.2, 0) is 5.41 Å². The van der Waals surface area contributed by atoms with Crippen LogP contribution in [0.3, 0.4) is 0 Å². The van der Waals surface area contributed by atoms with Gasteiger partial charge in [0.2, 0.25) is 0 Å². The molecule has 0 amide bonds. The van der Waals surface area contributed by atoms with Crippen molar-refractivity contribution in [3.8, 4) is 16.9 Å². The van der Waals surface area contributed by atoms with Crippen LogP contribution in [0.2, 0.25) is 0 Å². The third-order valence-electron chi connectivity index (χ3n) is 9.16. The summed E-state index contributed by atoms with van der Waals surface area (Å²) >= 11 is 0. The summed E-state index contributed by atoms with van der Waals surface area (Å²) in [6.07, 6.45) is 7.69. The Morgan fingerprint density at radius 2 is 1.45 bits per heavy atom. The zero-order chi connectivity index (χ0) is 29.4. The summed E-state index contributed by atoms with van der Waals surface area (Å²) in [5.74, 6) is 0. The molecule has 4 aromatic carbocycles. The van der Waals surface area contributed by atoms with Gasteiger partial charge in [-0.1, -0.05) is 68.4 Å². The Hall–Kier alpha value is -5.68. The summed E-state index contributed by atoms with van der Waals surface area (Å²) in [5, 5.41) is 5.77. The number of rotatable bonds is 4. The van der Waals surface area contributed by atoms with Crippen molar-refractivity contribution in [3.63, 3.8) is 0 Å². The molecule has 9 aromatic rings. The van der Waals surface area contributed by atoms with E-state index < -0.39 is 0 Å². The monoisotopic (exact) mass is 568 g/mol. The summed E-state index contributed by atoms with van der Waals surface area (Å²) < 4.78 is 10.5. The van der Waals surface area contributed by atoms with Crippen molar-refractivity contribution in [2.75, 3.05) is 0 Å². The molecule has 0 aliphatic rings. The Bertz CT molecular complexity index is 2490. The van der Waals surface area contributed by atoms with Crippen molar-refractivity contribution >= 4 is 49.2 Å². The quantitative estimate of drug-likeness (QED) is 0.212. The van der Waals surface area contributed by atoms with E-state index in [1.807, 2.05) is 29.1 Å². The predicted octanol–water partition coefficient (Wildman–Crippen LogP) is 9.72. The molecular formula is C39H28N4O. The molecule has 0 radical (unpaired) electrons. The van der Waals surface area contributed by atoms with Gasteiger partial charge in [-0.3, -0.25) is 4.98 Å². The first-order valence-corrected chi connectivity index (χ1v) is 14.9. The molecule has 5 heteroatoms. The molecule has 5 nitrogen and oxygen atoms in total. The number of imidazole rings is 1. The van der Waals surface area contributed by atoms with Gasteiger partial charge in [0.15, 0.2) is 0 Å². The van der Waals surface area contributed by atoms with Crippen molar-refractivity contribution in [3.05, 3.63) is 145 Å². The first-order chi connectivity index (χ1) is 21.6. The second-order valence-corrected chi connectivity index (χ2v) is 12.0. The normalized spacial score (nSPS) is 12.3. The van der Waals surface area contributed by atoms with E-state index in [1.165, 1.54) is 27.4 Å². The van der Waals surface area contributed by atoms with Crippen LogP contribution >= 0.6 is 0 Å². The number of para-hydroxylation sites is 2. The van der Waals surface area contributed by atoms with Gasteiger partial charge in [-0.05, 0) is 65.5 Å². The van der Waals surface area contributed by atoms with E-state index in [9.17, 15) is 0 Å². The number of nitrogens with zero attached hydrogens (tertiary/aromatic N) is 4. The Kier molecular flexibility index (Phi) is 5.18. The van der Waals surface area contributed by atoms with Crippen molar-refractivity contribution < 1.29 is 4.42 Å². The summed E-state index contributed by atoms with van der Waals surface area (Å²) in [6, 6.07) is 38.7. The van der Waals surface area contributed by atoms with Gasteiger partial charge in [0, 0.05) is 56.8 Å². The van der Waals surface area contributed by atoms with E-state index in [2.05, 4.69) is 133 Å². The maximum Gasteiger partial charge on any atom is 0.144 e. The molecule has 0 saturated heterocycles. The van der Waals surface area contributed by atoms with E-state index >= 15 is 0 Å². The Labute approximate surface area is 253 Å². The SMILES string of the molecule is CC(C)(c1cccc(-n2c3ccccc3c3ccccc32)c1)c1cccc(-c2coc3ccc4c(ccn5ccnc45)c23)n1. The van der Waals surface area contributed by atoms with Gasteiger partial charge in [-0.25, -0.2) is 4.98 Å². The minimum absolute atomic E-state index is 0.353. The van der Waals surface area contributed by atoms with Crippen LogP contribution in [0.4, 0.5) is 0 Å². The maximum absolute atomic E-state index is 6.07. The van der Waals surface area contributed by atoms with Gasteiger partial charge in [0.25, 0.3) is 0 Å². The fourth-order valence-electron chi connectivity index (χ4n) is 6.83. The highest BCUT2D eigenvalue weighted by atomic mass is 16.3. The number of pyridine rings is 2. The highest BCUT2D eigenvalue weighted by molar-refractivity contribution is 6.15. The topological polar surface area (TPSA) is 48.3 Å².